The van der Waals surface area contributed by atoms with Crippen LogP contribution in [0, 0.1) is 0 Å². The lowest BCUT2D eigenvalue weighted by atomic mass is 9.97. The Morgan fingerprint density at radius 1 is 0.296 bits per heavy atom. The minimum absolute atomic E-state index is 0.957. The van der Waals surface area contributed by atoms with E-state index in [0.717, 1.165) is 37.1 Å². The van der Waals surface area contributed by atoms with E-state index in [1.807, 2.05) is 0 Å². The molecule has 0 bridgehead atoms. The van der Waals surface area contributed by atoms with Gasteiger partial charge < -0.3 is 11.5 Å². The molecule has 0 spiro atoms. The second kappa shape index (κ2) is 26.3. The SMILES string of the molecule is CCCCCCCCc1cc(Cc2ccc(CCCCCCCCCCc3ccc(Cc4ccc(N)c(CCCCCCCC)c4)cc3)cc2)ccc1N. The summed E-state index contributed by atoms with van der Waals surface area (Å²) in [4.78, 5) is 0. The summed E-state index contributed by atoms with van der Waals surface area (Å²) >= 11 is 0. The fourth-order valence-corrected chi connectivity index (χ4v) is 8.00. The zero-order valence-corrected chi connectivity index (χ0v) is 34.6. The van der Waals surface area contributed by atoms with Crippen molar-refractivity contribution >= 4 is 11.4 Å². The molecule has 0 saturated carbocycles. The lowest BCUT2D eigenvalue weighted by Gasteiger charge is -2.10. The number of unbranched alkanes of at least 4 members (excludes halogenated alkanes) is 17. The topological polar surface area (TPSA) is 52.0 Å². The first kappa shape index (κ1) is 43.2. The number of aryl methyl sites for hydroxylation is 4. The van der Waals surface area contributed by atoms with Crippen LogP contribution in [0.1, 0.15) is 187 Å². The Morgan fingerprint density at radius 3 is 0.926 bits per heavy atom. The van der Waals surface area contributed by atoms with Crippen molar-refractivity contribution in [1.82, 2.24) is 0 Å². The van der Waals surface area contributed by atoms with E-state index in [9.17, 15) is 0 Å². The van der Waals surface area contributed by atoms with Crippen molar-refractivity contribution < 1.29 is 0 Å². The fourth-order valence-electron chi connectivity index (χ4n) is 8.00. The number of hydrogen-bond donors (Lipinski definition) is 2. The van der Waals surface area contributed by atoms with Gasteiger partial charge in [0.05, 0.1) is 0 Å². The Labute approximate surface area is 332 Å². The maximum atomic E-state index is 6.33. The average molecular weight is 729 g/mol. The molecule has 0 aromatic heterocycles. The van der Waals surface area contributed by atoms with Gasteiger partial charge in [-0.25, -0.2) is 0 Å². The molecule has 2 heteroatoms. The predicted octanol–water partition coefficient (Wildman–Crippen LogP) is 14.7. The highest BCUT2D eigenvalue weighted by molar-refractivity contribution is 5.50. The Hall–Kier alpha value is -3.52. The van der Waals surface area contributed by atoms with Crippen LogP contribution in [-0.4, -0.2) is 0 Å². The highest BCUT2D eigenvalue weighted by Crippen LogP contribution is 2.23. The highest BCUT2D eigenvalue weighted by atomic mass is 14.6. The summed E-state index contributed by atoms with van der Waals surface area (Å²) in [6.07, 6.45) is 33.3. The summed E-state index contributed by atoms with van der Waals surface area (Å²) in [5, 5.41) is 0. The number of hydrogen-bond acceptors (Lipinski definition) is 2. The van der Waals surface area contributed by atoms with Crippen molar-refractivity contribution in [1.29, 1.82) is 0 Å². The fraction of sp³-hybridized carbons (Fsp3) is 0.538. The molecule has 4 N–H and O–H groups in total. The Morgan fingerprint density at radius 2 is 0.574 bits per heavy atom. The summed E-state index contributed by atoms with van der Waals surface area (Å²) in [6, 6.07) is 32.1. The van der Waals surface area contributed by atoms with Gasteiger partial charge in [-0.05, 0) is 121 Å². The summed E-state index contributed by atoms with van der Waals surface area (Å²) in [5.41, 5.74) is 25.7. The number of rotatable bonds is 29. The highest BCUT2D eigenvalue weighted by Gasteiger charge is 2.06. The van der Waals surface area contributed by atoms with Crippen LogP contribution in [0.15, 0.2) is 84.9 Å². The first-order valence-corrected chi connectivity index (χ1v) is 22.4. The molecule has 0 aliphatic heterocycles. The third-order valence-electron chi connectivity index (χ3n) is 11.6. The van der Waals surface area contributed by atoms with E-state index in [1.54, 1.807) is 0 Å². The van der Waals surface area contributed by atoms with Crippen LogP contribution in [0.3, 0.4) is 0 Å². The van der Waals surface area contributed by atoms with Gasteiger partial charge in [-0.2, -0.15) is 0 Å². The van der Waals surface area contributed by atoms with Gasteiger partial charge in [-0.3, -0.25) is 0 Å². The maximum absolute atomic E-state index is 6.33. The zero-order chi connectivity index (χ0) is 38.1. The van der Waals surface area contributed by atoms with Gasteiger partial charge in [0.2, 0.25) is 0 Å². The Kier molecular flexibility index (Phi) is 21.1. The van der Waals surface area contributed by atoms with E-state index < -0.39 is 0 Å². The number of benzene rings is 4. The van der Waals surface area contributed by atoms with Gasteiger partial charge in [0.25, 0.3) is 0 Å². The summed E-state index contributed by atoms with van der Waals surface area (Å²) in [6.45, 7) is 4.56. The van der Waals surface area contributed by atoms with Gasteiger partial charge in [-0.1, -0.05) is 189 Å². The Balaban J connectivity index is 1.02. The number of nitrogen functional groups attached to an aromatic ring is 2. The quantitative estimate of drug-likeness (QED) is 0.0432. The zero-order valence-electron chi connectivity index (χ0n) is 34.6. The molecular weight excluding hydrogens is 653 g/mol. The lowest BCUT2D eigenvalue weighted by Crippen LogP contribution is -1.98. The van der Waals surface area contributed by atoms with E-state index in [2.05, 4.69) is 98.8 Å². The van der Waals surface area contributed by atoms with Crippen molar-refractivity contribution in [2.75, 3.05) is 11.5 Å². The second-order valence-corrected chi connectivity index (χ2v) is 16.4. The van der Waals surface area contributed by atoms with Crippen molar-refractivity contribution in [3.63, 3.8) is 0 Å². The largest absolute Gasteiger partial charge is 0.399 e. The van der Waals surface area contributed by atoms with Crippen LogP contribution in [-0.2, 0) is 38.5 Å². The molecular formula is C52H76N2. The monoisotopic (exact) mass is 729 g/mol. The van der Waals surface area contributed by atoms with Crippen LogP contribution in [0.5, 0.6) is 0 Å². The van der Waals surface area contributed by atoms with E-state index in [1.165, 1.54) is 186 Å². The molecule has 294 valence electrons. The molecule has 0 aliphatic carbocycles. The molecule has 4 aromatic rings. The van der Waals surface area contributed by atoms with Crippen molar-refractivity contribution in [3.8, 4) is 0 Å². The molecule has 0 saturated heterocycles. The molecule has 0 unspecified atom stereocenters. The maximum Gasteiger partial charge on any atom is 0.0346 e. The first-order chi connectivity index (χ1) is 26.5. The van der Waals surface area contributed by atoms with E-state index in [4.69, 9.17) is 11.5 Å². The lowest BCUT2D eigenvalue weighted by molar-refractivity contribution is 0.567. The summed E-state index contributed by atoms with van der Waals surface area (Å²) in [5.74, 6) is 0. The summed E-state index contributed by atoms with van der Waals surface area (Å²) in [7, 11) is 0. The smallest absolute Gasteiger partial charge is 0.0346 e. The first-order valence-electron chi connectivity index (χ1n) is 22.4. The normalized spacial score (nSPS) is 11.4. The minimum Gasteiger partial charge on any atom is -0.399 e. The van der Waals surface area contributed by atoms with Gasteiger partial charge in [0.1, 0.15) is 0 Å². The van der Waals surface area contributed by atoms with Crippen LogP contribution in [0.2, 0.25) is 0 Å². The molecule has 0 aliphatic rings. The van der Waals surface area contributed by atoms with Crippen LogP contribution < -0.4 is 11.5 Å². The van der Waals surface area contributed by atoms with Gasteiger partial charge in [0, 0.05) is 11.4 Å². The van der Waals surface area contributed by atoms with Gasteiger partial charge >= 0.3 is 0 Å². The molecule has 4 rings (SSSR count). The van der Waals surface area contributed by atoms with Gasteiger partial charge in [-0.15, -0.1) is 0 Å². The molecule has 2 nitrogen and oxygen atoms in total. The minimum atomic E-state index is 0.957. The van der Waals surface area contributed by atoms with E-state index >= 15 is 0 Å². The van der Waals surface area contributed by atoms with E-state index in [-0.39, 0.29) is 0 Å². The Bertz CT molecular complexity index is 1430. The molecule has 0 atom stereocenters. The predicted molar refractivity (Wildman–Crippen MR) is 239 cm³/mol. The van der Waals surface area contributed by atoms with Crippen molar-refractivity contribution in [2.24, 2.45) is 0 Å². The third kappa shape index (κ3) is 17.3. The van der Waals surface area contributed by atoms with E-state index in [0.29, 0.717) is 0 Å². The molecule has 4 aromatic carbocycles. The van der Waals surface area contributed by atoms with Crippen LogP contribution in [0.4, 0.5) is 11.4 Å². The van der Waals surface area contributed by atoms with Crippen LogP contribution in [0.25, 0.3) is 0 Å². The van der Waals surface area contributed by atoms with Crippen molar-refractivity contribution in [2.45, 2.75) is 181 Å². The standard InChI is InChI=1S/C52H76N2/c1-3-5-7-9-17-21-25-49-41-47(35-37-51(49)53)39-45-31-27-43(28-32-45)23-19-15-13-11-12-14-16-20-24-44-29-33-46(34-30-44)40-48-36-38-52(54)50(42-48)26-22-18-10-8-6-4-2/h27-38,41-42H,3-26,39-40,53-54H2,1-2H3. The van der Waals surface area contributed by atoms with Gasteiger partial charge in [0.15, 0.2) is 0 Å². The number of anilines is 2. The average Bonchev–Trinajstić information content (AvgIpc) is 3.18. The van der Waals surface area contributed by atoms with Crippen LogP contribution >= 0.6 is 0 Å². The molecule has 0 heterocycles. The molecule has 0 amide bonds. The second-order valence-electron chi connectivity index (χ2n) is 16.4. The number of nitrogens with two attached hydrogens (primary N) is 2. The third-order valence-corrected chi connectivity index (χ3v) is 11.6. The summed E-state index contributed by atoms with van der Waals surface area (Å²) < 4.78 is 0. The van der Waals surface area contributed by atoms with Crippen molar-refractivity contribution in [3.05, 3.63) is 129 Å². The molecule has 0 radical (unpaired) electrons. The molecule has 54 heavy (non-hydrogen) atoms. The molecule has 0 fully saturated rings.